The Morgan fingerprint density at radius 2 is 2.05 bits per heavy atom. The van der Waals surface area contributed by atoms with Crippen molar-refractivity contribution >= 4 is 39.2 Å². The van der Waals surface area contributed by atoms with Crippen LogP contribution < -0.4 is 10.6 Å². The zero-order valence-corrected chi connectivity index (χ0v) is 13.6. The van der Waals surface area contributed by atoms with Crippen molar-refractivity contribution in [1.29, 1.82) is 0 Å². The van der Waals surface area contributed by atoms with E-state index in [2.05, 4.69) is 26.6 Å². The zero-order valence-electron chi connectivity index (χ0n) is 11.2. The molecule has 0 spiro atoms. The molecule has 0 aliphatic carbocycles. The van der Waals surface area contributed by atoms with E-state index in [1.54, 1.807) is 0 Å². The van der Waals surface area contributed by atoms with Crippen molar-refractivity contribution in [3.8, 4) is 0 Å². The molecule has 0 bridgehead atoms. The number of allylic oxidation sites excluding steroid dienone is 1. The normalized spacial score (nSPS) is 18.4. The minimum Gasteiger partial charge on any atom is -0.466 e. The number of carbonyl (C=O) groups excluding carboxylic acids is 1. The van der Waals surface area contributed by atoms with E-state index in [1.807, 2.05) is 31.2 Å². The Morgan fingerprint density at radius 1 is 1.40 bits per heavy atom. The van der Waals surface area contributed by atoms with Crippen LogP contribution in [0.5, 0.6) is 0 Å². The third kappa shape index (κ3) is 3.02. The molecule has 0 radical (unpaired) electrons. The second-order valence-electron chi connectivity index (χ2n) is 4.32. The summed E-state index contributed by atoms with van der Waals surface area (Å²) in [6.07, 6.45) is 0.680. The van der Waals surface area contributed by atoms with Gasteiger partial charge < -0.3 is 15.4 Å². The number of esters is 1. The van der Waals surface area contributed by atoms with Crippen LogP contribution in [0.2, 0.25) is 0 Å². The molecule has 0 amide bonds. The third-order valence-electron chi connectivity index (χ3n) is 3.12. The van der Waals surface area contributed by atoms with Crippen LogP contribution in [0.4, 0.5) is 0 Å². The van der Waals surface area contributed by atoms with Crippen molar-refractivity contribution in [3.63, 3.8) is 0 Å². The number of hydrogen-bond acceptors (Lipinski definition) is 3. The third-order valence-corrected chi connectivity index (χ3v) is 3.86. The molecule has 1 aliphatic rings. The lowest BCUT2D eigenvalue weighted by molar-refractivity contribution is -0.136. The minimum atomic E-state index is -0.350. The van der Waals surface area contributed by atoms with Crippen LogP contribution >= 0.6 is 28.1 Å². The maximum Gasteiger partial charge on any atom is 0.337 e. The summed E-state index contributed by atoms with van der Waals surface area (Å²) < 4.78 is 5.89. The van der Waals surface area contributed by atoms with Gasteiger partial charge in [0.05, 0.1) is 18.7 Å². The minimum absolute atomic E-state index is 0.292. The average molecular weight is 355 g/mol. The predicted molar refractivity (Wildman–Crippen MR) is 85.1 cm³/mol. The Morgan fingerprint density at radius 3 is 2.60 bits per heavy atom. The van der Waals surface area contributed by atoms with Gasteiger partial charge in [0.2, 0.25) is 0 Å². The van der Waals surface area contributed by atoms with E-state index < -0.39 is 0 Å². The van der Waals surface area contributed by atoms with Crippen LogP contribution in [0.15, 0.2) is 40.0 Å². The zero-order chi connectivity index (χ0) is 14.7. The first-order valence-corrected chi connectivity index (χ1v) is 7.41. The van der Waals surface area contributed by atoms with E-state index in [0.717, 1.165) is 15.7 Å². The van der Waals surface area contributed by atoms with Crippen LogP contribution in [0.25, 0.3) is 0 Å². The fourth-order valence-electron chi connectivity index (χ4n) is 2.15. The number of thiocarbonyl (C=S) groups is 1. The lowest BCUT2D eigenvalue weighted by Gasteiger charge is -2.30. The molecule has 6 heteroatoms. The van der Waals surface area contributed by atoms with Gasteiger partial charge in [0, 0.05) is 10.2 Å². The molecule has 1 atom stereocenters. The Bertz CT molecular complexity index is 569. The highest BCUT2D eigenvalue weighted by atomic mass is 79.9. The molecular weight excluding hydrogens is 340 g/mol. The lowest BCUT2D eigenvalue weighted by atomic mass is 9.94. The number of ether oxygens (including phenoxy) is 1. The Labute approximate surface area is 131 Å². The molecule has 1 aromatic rings. The fourth-order valence-corrected chi connectivity index (χ4v) is 2.66. The summed E-state index contributed by atoms with van der Waals surface area (Å²) in [5, 5.41) is 6.68. The Balaban J connectivity index is 2.49. The highest BCUT2D eigenvalue weighted by molar-refractivity contribution is 9.10. The number of methoxy groups -OCH3 is 1. The number of halogens is 1. The van der Waals surface area contributed by atoms with Crippen LogP contribution in [-0.4, -0.2) is 18.2 Å². The molecular formula is C14H15BrN2O2S. The molecule has 0 unspecified atom stereocenters. The Kier molecular flexibility index (Phi) is 4.77. The summed E-state index contributed by atoms with van der Waals surface area (Å²) in [7, 11) is 1.38. The molecule has 4 nitrogen and oxygen atoms in total. The summed E-state index contributed by atoms with van der Waals surface area (Å²) in [5.74, 6) is -0.350. The van der Waals surface area contributed by atoms with Crippen molar-refractivity contribution in [1.82, 2.24) is 10.6 Å². The summed E-state index contributed by atoms with van der Waals surface area (Å²) in [4.78, 5) is 12.1. The van der Waals surface area contributed by atoms with E-state index >= 15 is 0 Å². The van der Waals surface area contributed by atoms with Crippen LogP contribution in [0.3, 0.4) is 0 Å². The number of carbonyl (C=O) groups is 1. The SMILES string of the molecule is CCC1=C(C(=O)OC)[C@@H](c2ccc(Br)cc2)NC(=S)N1. The van der Waals surface area contributed by atoms with Crippen molar-refractivity contribution in [2.24, 2.45) is 0 Å². The Hall–Kier alpha value is -1.40. The molecule has 0 saturated heterocycles. The summed E-state index contributed by atoms with van der Waals surface area (Å²) in [6.45, 7) is 1.97. The van der Waals surface area contributed by atoms with Crippen molar-refractivity contribution in [2.45, 2.75) is 19.4 Å². The fraction of sp³-hybridized carbons (Fsp3) is 0.286. The number of hydrogen-bond donors (Lipinski definition) is 2. The van der Waals surface area contributed by atoms with Gasteiger partial charge in [0.25, 0.3) is 0 Å². The van der Waals surface area contributed by atoms with Gasteiger partial charge in [-0.1, -0.05) is 35.0 Å². The van der Waals surface area contributed by atoms with Gasteiger partial charge >= 0.3 is 5.97 Å². The molecule has 2 rings (SSSR count). The van der Waals surface area contributed by atoms with E-state index in [4.69, 9.17) is 17.0 Å². The monoisotopic (exact) mass is 354 g/mol. The first kappa shape index (κ1) is 15.0. The first-order valence-electron chi connectivity index (χ1n) is 6.21. The van der Waals surface area contributed by atoms with Gasteiger partial charge in [0.15, 0.2) is 5.11 Å². The molecule has 1 aromatic carbocycles. The molecule has 0 aromatic heterocycles. The first-order chi connectivity index (χ1) is 9.56. The second-order valence-corrected chi connectivity index (χ2v) is 5.64. The van der Waals surface area contributed by atoms with Gasteiger partial charge in [-0.15, -0.1) is 0 Å². The smallest absolute Gasteiger partial charge is 0.337 e. The second kappa shape index (κ2) is 6.37. The topological polar surface area (TPSA) is 50.4 Å². The standard InChI is InChI=1S/C14H15BrN2O2S/c1-3-10-11(13(18)19-2)12(17-14(20)16-10)8-4-6-9(15)7-5-8/h4-7,12H,3H2,1-2H3,(H2,16,17,20)/t12-/m1/s1. The molecule has 106 valence electrons. The van der Waals surface area contributed by atoms with Gasteiger partial charge in [0.1, 0.15) is 0 Å². The van der Waals surface area contributed by atoms with Gasteiger partial charge in [-0.25, -0.2) is 4.79 Å². The van der Waals surface area contributed by atoms with E-state index in [-0.39, 0.29) is 12.0 Å². The van der Waals surface area contributed by atoms with Crippen LogP contribution in [0.1, 0.15) is 24.9 Å². The summed E-state index contributed by atoms with van der Waals surface area (Å²) >= 11 is 8.61. The largest absolute Gasteiger partial charge is 0.466 e. The maximum atomic E-state index is 12.1. The van der Waals surface area contributed by atoms with Crippen molar-refractivity contribution in [3.05, 3.63) is 45.6 Å². The van der Waals surface area contributed by atoms with E-state index in [0.29, 0.717) is 17.1 Å². The highest BCUT2D eigenvalue weighted by Crippen LogP contribution is 2.29. The van der Waals surface area contributed by atoms with Crippen molar-refractivity contribution in [2.75, 3.05) is 7.11 Å². The maximum absolute atomic E-state index is 12.1. The summed E-state index contributed by atoms with van der Waals surface area (Å²) in [5.41, 5.74) is 2.34. The quantitative estimate of drug-likeness (QED) is 0.645. The molecule has 2 N–H and O–H groups in total. The number of nitrogens with one attached hydrogen (secondary N) is 2. The molecule has 1 aliphatic heterocycles. The lowest BCUT2D eigenvalue weighted by Crippen LogP contribution is -2.45. The van der Waals surface area contributed by atoms with Gasteiger partial charge in [-0.05, 0) is 36.3 Å². The van der Waals surface area contributed by atoms with Crippen LogP contribution in [-0.2, 0) is 9.53 Å². The molecule has 0 fully saturated rings. The van der Waals surface area contributed by atoms with E-state index in [9.17, 15) is 4.79 Å². The van der Waals surface area contributed by atoms with Gasteiger partial charge in [-0.2, -0.15) is 0 Å². The molecule has 20 heavy (non-hydrogen) atoms. The van der Waals surface area contributed by atoms with E-state index in [1.165, 1.54) is 7.11 Å². The molecule has 1 heterocycles. The highest BCUT2D eigenvalue weighted by Gasteiger charge is 2.31. The number of benzene rings is 1. The average Bonchev–Trinajstić information content (AvgIpc) is 2.46. The van der Waals surface area contributed by atoms with Crippen LogP contribution in [0, 0.1) is 0 Å². The summed E-state index contributed by atoms with van der Waals surface area (Å²) in [6, 6.07) is 7.47. The van der Waals surface area contributed by atoms with Crippen molar-refractivity contribution < 1.29 is 9.53 Å². The van der Waals surface area contributed by atoms with Gasteiger partial charge in [-0.3, -0.25) is 0 Å². The predicted octanol–water partition coefficient (Wildman–Crippen LogP) is 2.80. The number of rotatable bonds is 3. The molecule has 0 saturated carbocycles.